The molecule has 0 amide bonds. The van der Waals surface area contributed by atoms with Gasteiger partial charge in [0, 0.05) is 0 Å². The Balaban J connectivity index is 3.23. The third kappa shape index (κ3) is 3.05. The van der Waals surface area contributed by atoms with Crippen LogP contribution in [0.25, 0.3) is 0 Å². The number of nitrogens with two attached hydrogens (primary N) is 1. The van der Waals surface area contributed by atoms with Crippen LogP contribution >= 0.6 is 0 Å². The van der Waals surface area contributed by atoms with Crippen molar-refractivity contribution in [2.45, 2.75) is 31.2 Å². The summed E-state index contributed by atoms with van der Waals surface area (Å²) in [4.78, 5) is -0.156. The lowest BCUT2D eigenvalue weighted by molar-refractivity contribution is 0.539. The molecule has 0 aliphatic carbocycles. The quantitative estimate of drug-likeness (QED) is 0.566. The van der Waals surface area contributed by atoms with Gasteiger partial charge in [-0.15, -0.1) is 0 Å². The Morgan fingerprint density at radius 2 is 2.00 bits per heavy atom. The third-order valence-corrected chi connectivity index (χ3v) is 4.30. The molecule has 1 aromatic rings. The van der Waals surface area contributed by atoms with Crippen molar-refractivity contribution in [3.8, 4) is 0 Å². The standard InChI is InChI=1S/C11H16FN3O2S/c1-7-4-5-8(12)6-9(7)18(16,17)15-11(2,3)10(13)14/h4-6,15H,1-3H3,(H3,13,14). The minimum atomic E-state index is -3.93. The number of benzene rings is 1. The van der Waals surface area contributed by atoms with Gasteiger partial charge in [0.05, 0.1) is 10.4 Å². The first-order valence-electron chi connectivity index (χ1n) is 5.21. The molecule has 0 unspecified atom stereocenters. The van der Waals surface area contributed by atoms with Crippen LogP contribution in [0, 0.1) is 18.2 Å². The van der Waals surface area contributed by atoms with E-state index in [1.165, 1.54) is 26.0 Å². The number of halogens is 1. The predicted molar refractivity (Wildman–Crippen MR) is 67.5 cm³/mol. The van der Waals surface area contributed by atoms with Gasteiger partial charge in [-0.2, -0.15) is 4.72 Å². The highest BCUT2D eigenvalue weighted by Crippen LogP contribution is 2.18. The summed E-state index contributed by atoms with van der Waals surface area (Å²) in [5, 5.41) is 7.31. The van der Waals surface area contributed by atoms with E-state index in [2.05, 4.69) is 4.72 Å². The van der Waals surface area contributed by atoms with Crippen LogP contribution in [0.1, 0.15) is 19.4 Å². The van der Waals surface area contributed by atoms with Crippen LogP contribution < -0.4 is 10.5 Å². The van der Waals surface area contributed by atoms with E-state index in [1.807, 2.05) is 0 Å². The Morgan fingerprint density at radius 3 is 2.50 bits per heavy atom. The fourth-order valence-electron chi connectivity index (χ4n) is 1.31. The van der Waals surface area contributed by atoms with Gasteiger partial charge in [0.15, 0.2) is 0 Å². The highest BCUT2D eigenvalue weighted by molar-refractivity contribution is 7.89. The molecule has 0 aliphatic rings. The van der Waals surface area contributed by atoms with E-state index in [0.717, 1.165) is 6.07 Å². The maximum atomic E-state index is 13.1. The summed E-state index contributed by atoms with van der Waals surface area (Å²) in [5.74, 6) is -0.957. The number of nitrogens with one attached hydrogen (secondary N) is 2. The zero-order valence-electron chi connectivity index (χ0n) is 10.4. The molecule has 7 heteroatoms. The molecular formula is C11H16FN3O2S. The van der Waals surface area contributed by atoms with Crippen molar-refractivity contribution in [3.05, 3.63) is 29.6 Å². The molecule has 5 nitrogen and oxygen atoms in total. The first-order chi connectivity index (χ1) is 8.06. The predicted octanol–water partition coefficient (Wildman–Crippen LogP) is 1.13. The molecule has 0 bridgehead atoms. The average molecular weight is 273 g/mol. The number of rotatable bonds is 4. The molecule has 0 atom stereocenters. The van der Waals surface area contributed by atoms with Gasteiger partial charge in [-0.1, -0.05) is 6.07 Å². The second-order valence-electron chi connectivity index (χ2n) is 4.55. The van der Waals surface area contributed by atoms with Crippen molar-refractivity contribution in [2.24, 2.45) is 5.73 Å². The Bertz CT molecular complexity index is 582. The highest BCUT2D eigenvalue weighted by Gasteiger charge is 2.29. The van der Waals surface area contributed by atoms with Crippen LogP contribution in [-0.4, -0.2) is 19.8 Å². The maximum absolute atomic E-state index is 13.1. The normalized spacial score (nSPS) is 12.4. The molecule has 1 rings (SSSR count). The van der Waals surface area contributed by atoms with E-state index < -0.39 is 21.4 Å². The van der Waals surface area contributed by atoms with E-state index in [9.17, 15) is 12.8 Å². The molecule has 0 spiro atoms. The fourth-order valence-corrected chi connectivity index (χ4v) is 2.96. The molecule has 0 fully saturated rings. The van der Waals surface area contributed by atoms with Crippen molar-refractivity contribution >= 4 is 15.9 Å². The minimum Gasteiger partial charge on any atom is -0.386 e. The summed E-state index contributed by atoms with van der Waals surface area (Å²) in [6, 6.07) is 3.50. The lowest BCUT2D eigenvalue weighted by Crippen LogP contribution is -2.52. The van der Waals surface area contributed by atoms with E-state index in [1.54, 1.807) is 6.92 Å². The van der Waals surface area contributed by atoms with Gasteiger partial charge < -0.3 is 5.73 Å². The first kappa shape index (κ1) is 14.6. The molecule has 0 saturated carbocycles. The van der Waals surface area contributed by atoms with Gasteiger partial charge in [0.25, 0.3) is 0 Å². The number of hydrogen-bond donors (Lipinski definition) is 3. The fraction of sp³-hybridized carbons (Fsp3) is 0.364. The van der Waals surface area contributed by atoms with E-state index in [0.29, 0.717) is 5.56 Å². The van der Waals surface area contributed by atoms with E-state index >= 15 is 0 Å². The first-order valence-corrected chi connectivity index (χ1v) is 6.69. The van der Waals surface area contributed by atoms with Gasteiger partial charge in [-0.25, -0.2) is 12.8 Å². The number of sulfonamides is 1. The van der Waals surface area contributed by atoms with Gasteiger partial charge in [-0.3, -0.25) is 5.41 Å². The Labute approximate surface area is 106 Å². The molecular weight excluding hydrogens is 257 g/mol. The average Bonchev–Trinajstić information content (AvgIpc) is 2.19. The maximum Gasteiger partial charge on any atom is 0.241 e. The van der Waals surface area contributed by atoms with Crippen LogP contribution in [0.2, 0.25) is 0 Å². The van der Waals surface area contributed by atoms with Crippen molar-refractivity contribution in [1.29, 1.82) is 5.41 Å². The van der Waals surface area contributed by atoms with Gasteiger partial charge in [-0.05, 0) is 38.5 Å². The van der Waals surface area contributed by atoms with Crippen LogP contribution in [0.4, 0.5) is 4.39 Å². The number of aryl methyl sites for hydroxylation is 1. The molecule has 4 N–H and O–H groups in total. The van der Waals surface area contributed by atoms with E-state index in [-0.39, 0.29) is 10.7 Å². The number of amidine groups is 1. The molecule has 0 heterocycles. The van der Waals surface area contributed by atoms with Gasteiger partial charge >= 0.3 is 0 Å². The molecule has 0 aliphatic heterocycles. The topological polar surface area (TPSA) is 96.0 Å². The van der Waals surface area contributed by atoms with Gasteiger partial charge in [0.2, 0.25) is 10.0 Å². The van der Waals surface area contributed by atoms with Crippen molar-refractivity contribution < 1.29 is 12.8 Å². The summed E-state index contributed by atoms with van der Waals surface area (Å²) >= 11 is 0. The minimum absolute atomic E-state index is 0.156. The monoisotopic (exact) mass is 273 g/mol. The van der Waals surface area contributed by atoms with Gasteiger partial charge in [0.1, 0.15) is 11.7 Å². The second kappa shape index (κ2) is 4.66. The molecule has 18 heavy (non-hydrogen) atoms. The van der Waals surface area contributed by atoms with Crippen molar-refractivity contribution in [1.82, 2.24) is 4.72 Å². The van der Waals surface area contributed by atoms with Crippen LogP contribution in [-0.2, 0) is 10.0 Å². The summed E-state index contributed by atoms with van der Waals surface area (Å²) < 4.78 is 39.6. The molecule has 0 saturated heterocycles. The summed E-state index contributed by atoms with van der Waals surface area (Å²) in [7, 11) is -3.93. The summed E-state index contributed by atoms with van der Waals surface area (Å²) in [5.41, 5.74) is 4.50. The summed E-state index contributed by atoms with van der Waals surface area (Å²) in [6.07, 6.45) is 0. The Kier molecular flexibility index (Phi) is 3.78. The number of hydrogen-bond acceptors (Lipinski definition) is 3. The lowest BCUT2D eigenvalue weighted by atomic mass is 10.1. The Morgan fingerprint density at radius 1 is 1.44 bits per heavy atom. The largest absolute Gasteiger partial charge is 0.386 e. The summed E-state index contributed by atoms with van der Waals surface area (Å²) in [6.45, 7) is 4.48. The Hall–Kier alpha value is -1.47. The zero-order valence-corrected chi connectivity index (χ0v) is 11.2. The lowest BCUT2D eigenvalue weighted by Gasteiger charge is -2.24. The second-order valence-corrected chi connectivity index (χ2v) is 6.20. The van der Waals surface area contributed by atoms with Crippen LogP contribution in [0.5, 0.6) is 0 Å². The smallest absolute Gasteiger partial charge is 0.241 e. The molecule has 0 aromatic heterocycles. The highest BCUT2D eigenvalue weighted by atomic mass is 32.2. The SMILES string of the molecule is Cc1ccc(F)cc1S(=O)(=O)NC(C)(C)C(=N)N. The van der Waals surface area contributed by atoms with Crippen molar-refractivity contribution in [3.63, 3.8) is 0 Å². The van der Waals surface area contributed by atoms with Crippen LogP contribution in [0.3, 0.4) is 0 Å². The van der Waals surface area contributed by atoms with Crippen LogP contribution in [0.15, 0.2) is 23.1 Å². The van der Waals surface area contributed by atoms with Crippen molar-refractivity contribution in [2.75, 3.05) is 0 Å². The van der Waals surface area contributed by atoms with E-state index in [4.69, 9.17) is 11.1 Å². The molecule has 100 valence electrons. The molecule has 1 aromatic carbocycles. The third-order valence-electron chi connectivity index (χ3n) is 2.50. The zero-order chi connectivity index (χ0) is 14.1. The molecule has 0 radical (unpaired) electrons.